The number of ether oxygens (including phenoxy) is 1. The number of amidine groups is 1. The molecule has 2 saturated heterocycles. The highest BCUT2D eigenvalue weighted by Crippen LogP contribution is 2.31. The normalized spacial score (nSPS) is 20.4. The van der Waals surface area contributed by atoms with E-state index in [1.54, 1.807) is 4.90 Å². The summed E-state index contributed by atoms with van der Waals surface area (Å²) in [6.45, 7) is 11.6. The Morgan fingerprint density at radius 2 is 2.00 bits per heavy atom. The van der Waals surface area contributed by atoms with Crippen LogP contribution in [0.15, 0.2) is 60.3 Å². The van der Waals surface area contributed by atoms with E-state index in [9.17, 15) is 4.79 Å². The summed E-state index contributed by atoms with van der Waals surface area (Å²) in [4.78, 5) is 20.7. The van der Waals surface area contributed by atoms with Crippen LogP contribution in [0, 0.1) is 0 Å². The molecule has 0 radical (unpaired) electrons. The first-order valence-electron chi connectivity index (χ1n) is 9.82. The summed E-state index contributed by atoms with van der Waals surface area (Å²) >= 11 is 0. The maximum Gasteiger partial charge on any atom is 0.249 e. The van der Waals surface area contributed by atoms with Crippen molar-refractivity contribution in [2.75, 3.05) is 39.3 Å². The lowest BCUT2D eigenvalue weighted by atomic mass is 9.89. The largest absolute Gasteiger partial charge is 0.384 e. The number of hydrogen-bond acceptors (Lipinski definition) is 4. The average molecular weight is 383 g/mol. The van der Waals surface area contributed by atoms with Crippen molar-refractivity contribution >= 4 is 11.7 Å². The summed E-state index contributed by atoms with van der Waals surface area (Å²) in [5.74, 6) is 0.290. The predicted molar refractivity (Wildman–Crippen MR) is 112 cm³/mol. The molecule has 0 aliphatic carbocycles. The van der Waals surface area contributed by atoms with Crippen LogP contribution in [0.3, 0.4) is 0 Å². The fourth-order valence-corrected chi connectivity index (χ4v) is 3.83. The minimum Gasteiger partial charge on any atom is -0.384 e. The Bertz CT molecular complexity index is 736. The number of nitrogens with zero attached hydrogens (tertiary/aromatic N) is 3. The molecule has 28 heavy (non-hydrogen) atoms. The number of hydrogen-bond donors (Lipinski definition) is 1. The first kappa shape index (κ1) is 20.3. The van der Waals surface area contributed by atoms with Crippen molar-refractivity contribution in [3.8, 4) is 0 Å². The summed E-state index contributed by atoms with van der Waals surface area (Å²) in [7, 11) is 0. The van der Waals surface area contributed by atoms with Crippen molar-refractivity contribution in [1.29, 1.82) is 0 Å². The van der Waals surface area contributed by atoms with E-state index in [0.29, 0.717) is 24.6 Å². The van der Waals surface area contributed by atoms with Crippen molar-refractivity contribution in [3.05, 3.63) is 60.8 Å². The van der Waals surface area contributed by atoms with Gasteiger partial charge in [0, 0.05) is 19.6 Å². The van der Waals surface area contributed by atoms with Gasteiger partial charge in [0.1, 0.15) is 12.4 Å². The summed E-state index contributed by atoms with van der Waals surface area (Å²) in [6.07, 6.45) is 4.38. The number of carbonyl (C=O) groups is 1. The van der Waals surface area contributed by atoms with Crippen LogP contribution in [-0.2, 0) is 16.0 Å². The molecular weight excluding hydrogens is 352 g/mol. The molecule has 6 heteroatoms. The Kier molecular flexibility index (Phi) is 6.65. The Labute approximate surface area is 167 Å². The molecule has 150 valence electrons. The van der Waals surface area contributed by atoms with Gasteiger partial charge in [-0.3, -0.25) is 4.79 Å². The zero-order chi connectivity index (χ0) is 20.0. The molecule has 1 amide bonds. The predicted octanol–water partition coefficient (Wildman–Crippen LogP) is 1.98. The Hall–Kier alpha value is -2.44. The summed E-state index contributed by atoms with van der Waals surface area (Å²) < 4.78 is 6.02. The van der Waals surface area contributed by atoms with Crippen LogP contribution in [-0.4, -0.2) is 66.5 Å². The minimum absolute atomic E-state index is 0.0225. The van der Waals surface area contributed by atoms with E-state index in [2.05, 4.69) is 47.3 Å². The van der Waals surface area contributed by atoms with E-state index in [1.807, 2.05) is 6.07 Å². The van der Waals surface area contributed by atoms with Gasteiger partial charge in [0.15, 0.2) is 0 Å². The highest BCUT2D eigenvalue weighted by atomic mass is 16.5. The quantitative estimate of drug-likeness (QED) is 0.578. The van der Waals surface area contributed by atoms with Gasteiger partial charge in [-0.05, 0) is 30.9 Å². The van der Waals surface area contributed by atoms with Gasteiger partial charge in [-0.1, -0.05) is 43.5 Å². The molecule has 2 aliphatic rings. The van der Waals surface area contributed by atoms with Crippen LogP contribution >= 0.6 is 0 Å². The number of carbonyl (C=O) groups excluding carboxylic acids is 1. The lowest BCUT2D eigenvalue weighted by Gasteiger charge is -2.47. The van der Waals surface area contributed by atoms with E-state index in [4.69, 9.17) is 10.5 Å². The van der Waals surface area contributed by atoms with Gasteiger partial charge in [-0.2, -0.15) is 0 Å². The first-order valence-corrected chi connectivity index (χ1v) is 9.82. The fourth-order valence-electron chi connectivity index (χ4n) is 3.83. The number of amides is 1. The second kappa shape index (κ2) is 9.17. The number of likely N-dealkylation sites (tertiary alicyclic amines) is 1. The first-order chi connectivity index (χ1) is 13.5. The fraction of sp³-hybridized carbons (Fsp3) is 0.455. The summed E-state index contributed by atoms with van der Waals surface area (Å²) in [5.41, 5.74) is 7.34. The van der Waals surface area contributed by atoms with Crippen molar-refractivity contribution in [2.24, 2.45) is 10.7 Å². The molecule has 3 rings (SSSR count). The Morgan fingerprint density at radius 1 is 1.29 bits per heavy atom. The van der Waals surface area contributed by atoms with Gasteiger partial charge in [0.2, 0.25) is 5.91 Å². The van der Waals surface area contributed by atoms with Crippen LogP contribution < -0.4 is 5.73 Å². The van der Waals surface area contributed by atoms with Crippen LogP contribution in [0.25, 0.3) is 0 Å². The molecule has 0 bridgehead atoms. The Balaban J connectivity index is 1.51. The third-order valence-corrected chi connectivity index (χ3v) is 5.53. The van der Waals surface area contributed by atoms with Gasteiger partial charge in [-0.25, -0.2) is 4.99 Å². The monoisotopic (exact) mass is 382 g/mol. The number of morpholine rings is 1. The molecule has 2 heterocycles. The number of rotatable bonds is 7. The zero-order valence-electron chi connectivity index (χ0n) is 16.5. The van der Waals surface area contributed by atoms with Gasteiger partial charge in [0.05, 0.1) is 24.4 Å². The third kappa shape index (κ3) is 5.30. The number of piperidine rings is 1. The molecule has 0 atom stereocenters. The van der Waals surface area contributed by atoms with Gasteiger partial charge in [-0.15, -0.1) is 0 Å². The highest BCUT2D eigenvalue weighted by Gasteiger charge is 2.42. The highest BCUT2D eigenvalue weighted by molar-refractivity contribution is 5.91. The molecule has 0 unspecified atom stereocenters. The molecule has 2 aliphatic heterocycles. The molecule has 2 fully saturated rings. The van der Waals surface area contributed by atoms with Crippen LogP contribution in [0.2, 0.25) is 0 Å². The molecule has 6 nitrogen and oxygen atoms in total. The van der Waals surface area contributed by atoms with Crippen LogP contribution in [0.5, 0.6) is 0 Å². The number of nitrogens with two attached hydrogens (primary N) is 1. The maximum atomic E-state index is 12.3. The summed E-state index contributed by atoms with van der Waals surface area (Å²) in [6, 6.07) is 10.6. The van der Waals surface area contributed by atoms with E-state index in [1.165, 1.54) is 11.6 Å². The molecule has 1 spiro atoms. The number of benzene rings is 1. The summed E-state index contributed by atoms with van der Waals surface area (Å²) in [5, 5.41) is 0. The zero-order valence-corrected chi connectivity index (χ0v) is 16.5. The Morgan fingerprint density at radius 3 is 2.68 bits per heavy atom. The van der Waals surface area contributed by atoms with E-state index < -0.39 is 0 Å². The smallest absolute Gasteiger partial charge is 0.249 e. The topological polar surface area (TPSA) is 71.2 Å². The minimum atomic E-state index is -0.259. The van der Waals surface area contributed by atoms with Crippen LogP contribution in [0.4, 0.5) is 0 Å². The molecule has 0 saturated carbocycles. The van der Waals surface area contributed by atoms with Crippen molar-refractivity contribution in [2.45, 2.75) is 24.9 Å². The molecule has 0 aromatic heterocycles. The van der Waals surface area contributed by atoms with Gasteiger partial charge < -0.3 is 20.3 Å². The lowest BCUT2D eigenvalue weighted by molar-refractivity contribution is -0.170. The van der Waals surface area contributed by atoms with E-state index >= 15 is 0 Å². The average Bonchev–Trinajstić information content (AvgIpc) is 2.71. The lowest BCUT2D eigenvalue weighted by Crippen LogP contribution is -2.59. The van der Waals surface area contributed by atoms with Gasteiger partial charge in [0.25, 0.3) is 0 Å². The number of aliphatic imine (C=N–C) groups is 1. The maximum absolute atomic E-state index is 12.3. The third-order valence-electron chi connectivity index (χ3n) is 5.53. The standard InChI is InChI=1S/C22H30N4O2/c1-3-20(23)24-18(2)15-26-17-22(28-16-21(26)27)10-13-25(14-11-22)12-9-19-7-5-4-6-8-19/h3-8H,1-2,9-17H2,(H2,23,24). The van der Waals surface area contributed by atoms with E-state index in [-0.39, 0.29) is 18.1 Å². The SMILES string of the molecule is C=C/C(N)=N\C(=C)CN1CC2(CCN(CCc3ccccc3)CC2)OCC1=O. The van der Waals surface area contributed by atoms with E-state index in [0.717, 1.165) is 38.9 Å². The second-order valence-corrected chi connectivity index (χ2v) is 7.61. The molecule has 1 aromatic rings. The molecular formula is C22H30N4O2. The van der Waals surface area contributed by atoms with Crippen LogP contribution in [0.1, 0.15) is 18.4 Å². The van der Waals surface area contributed by atoms with Crippen molar-refractivity contribution in [1.82, 2.24) is 9.80 Å². The van der Waals surface area contributed by atoms with Crippen molar-refractivity contribution in [3.63, 3.8) is 0 Å². The van der Waals surface area contributed by atoms with Crippen molar-refractivity contribution < 1.29 is 9.53 Å². The van der Waals surface area contributed by atoms with Gasteiger partial charge >= 0.3 is 0 Å². The second-order valence-electron chi connectivity index (χ2n) is 7.61. The molecule has 2 N–H and O–H groups in total. The molecule has 1 aromatic carbocycles.